The first-order valence-corrected chi connectivity index (χ1v) is 11.3. The fourth-order valence-electron chi connectivity index (χ4n) is 5.61. The van der Waals surface area contributed by atoms with Gasteiger partial charge in [0.1, 0.15) is 0 Å². The van der Waals surface area contributed by atoms with Crippen LogP contribution in [0.5, 0.6) is 5.75 Å². The number of nitrogens with zero attached hydrogens (tertiary/aromatic N) is 4. The zero-order valence-electron chi connectivity index (χ0n) is 18.3. The SMILES string of the molecule is CC(C)n1nc(-c2cnc(N)c(OC(F)(F)F)c2)cc1[C@H]1[C@@H]2C[C@H](N3CCNCC3)C[C@@H]21. The number of anilines is 1. The number of halogens is 3. The number of hydrogen-bond donors (Lipinski definition) is 2. The molecule has 2 aromatic rings. The van der Waals surface area contributed by atoms with Crippen LogP contribution in [0.25, 0.3) is 11.3 Å². The van der Waals surface area contributed by atoms with E-state index in [1.54, 1.807) is 0 Å². The number of ether oxygens (including phenoxy) is 1. The lowest BCUT2D eigenvalue weighted by Crippen LogP contribution is -2.48. The summed E-state index contributed by atoms with van der Waals surface area (Å²) in [5.41, 5.74) is 7.80. The Morgan fingerprint density at radius 3 is 2.47 bits per heavy atom. The van der Waals surface area contributed by atoms with Gasteiger partial charge in [0.15, 0.2) is 11.6 Å². The van der Waals surface area contributed by atoms with Crippen LogP contribution in [0.1, 0.15) is 44.3 Å². The van der Waals surface area contributed by atoms with Crippen molar-refractivity contribution in [3.63, 3.8) is 0 Å². The Balaban J connectivity index is 1.36. The molecule has 2 saturated carbocycles. The summed E-state index contributed by atoms with van der Waals surface area (Å²) in [6.45, 7) is 8.51. The van der Waals surface area contributed by atoms with Gasteiger partial charge in [-0.1, -0.05) is 0 Å². The molecule has 3 N–H and O–H groups in total. The molecule has 3 heterocycles. The van der Waals surface area contributed by atoms with E-state index < -0.39 is 12.1 Å². The van der Waals surface area contributed by atoms with Crippen LogP contribution in [0.2, 0.25) is 0 Å². The van der Waals surface area contributed by atoms with Gasteiger partial charge < -0.3 is 15.8 Å². The molecule has 2 aliphatic carbocycles. The number of fused-ring (bicyclic) bond motifs is 1. The van der Waals surface area contributed by atoms with Crippen LogP contribution in [-0.2, 0) is 0 Å². The molecule has 1 saturated heterocycles. The van der Waals surface area contributed by atoms with Gasteiger partial charge in [-0.15, -0.1) is 13.2 Å². The summed E-state index contributed by atoms with van der Waals surface area (Å²) in [4.78, 5) is 6.51. The average molecular weight is 451 g/mol. The van der Waals surface area contributed by atoms with Crippen molar-refractivity contribution in [3.8, 4) is 17.0 Å². The third kappa shape index (κ3) is 4.05. The fraction of sp³-hybridized carbons (Fsp3) is 0.636. The van der Waals surface area contributed by atoms with Crippen LogP contribution in [0.15, 0.2) is 18.3 Å². The number of nitrogen functional groups attached to an aromatic ring is 1. The monoisotopic (exact) mass is 450 g/mol. The first-order chi connectivity index (χ1) is 15.2. The number of piperazine rings is 1. The number of nitrogens with two attached hydrogens (primary N) is 1. The highest BCUT2D eigenvalue weighted by atomic mass is 19.4. The fourth-order valence-corrected chi connectivity index (χ4v) is 5.61. The van der Waals surface area contributed by atoms with Crippen molar-refractivity contribution >= 4 is 5.82 Å². The van der Waals surface area contributed by atoms with Crippen molar-refractivity contribution < 1.29 is 17.9 Å². The molecular formula is C22H29F3N6O. The molecule has 0 unspecified atom stereocenters. The Bertz CT molecular complexity index is 973. The minimum absolute atomic E-state index is 0.150. The minimum Gasteiger partial charge on any atom is -0.402 e. The van der Waals surface area contributed by atoms with Gasteiger partial charge in [-0.25, -0.2) is 4.98 Å². The van der Waals surface area contributed by atoms with Crippen LogP contribution in [0, 0.1) is 11.8 Å². The third-order valence-corrected chi connectivity index (χ3v) is 7.09. The summed E-state index contributed by atoms with van der Waals surface area (Å²) in [5.74, 6) is 0.977. The van der Waals surface area contributed by atoms with E-state index in [-0.39, 0.29) is 11.9 Å². The van der Waals surface area contributed by atoms with E-state index in [0.717, 1.165) is 26.2 Å². The molecule has 3 aliphatic rings. The lowest BCUT2D eigenvalue weighted by molar-refractivity contribution is -0.274. The molecule has 3 fully saturated rings. The van der Waals surface area contributed by atoms with Crippen LogP contribution in [0.4, 0.5) is 19.0 Å². The molecule has 32 heavy (non-hydrogen) atoms. The minimum atomic E-state index is -4.83. The van der Waals surface area contributed by atoms with Crippen LogP contribution < -0.4 is 15.8 Å². The Hall–Kier alpha value is -2.33. The summed E-state index contributed by atoms with van der Waals surface area (Å²) in [6.07, 6.45) is -0.964. The molecule has 0 spiro atoms. The Morgan fingerprint density at radius 1 is 1.16 bits per heavy atom. The zero-order chi connectivity index (χ0) is 22.6. The molecule has 4 atom stereocenters. The van der Waals surface area contributed by atoms with Crippen molar-refractivity contribution in [2.45, 2.75) is 51.1 Å². The summed E-state index contributed by atoms with van der Waals surface area (Å²) < 4.78 is 44.2. The maximum atomic E-state index is 12.7. The normalized spacial score (nSPS) is 28.2. The maximum Gasteiger partial charge on any atom is 0.573 e. The van der Waals surface area contributed by atoms with Crippen LogP contribution in [0.3, 0.4) is 0 Å². The van der Waals surface area contributed by atoms with E-state index in [1.165, 1.54) is 30.8 Å². The van der Waals surface area contributed by atoms with Crippen molar-refractivity contribution in [3.05, 3.63) is 24.0 Å². The maximum absolute atomic E-state index is 12.7. The van der Waals surface area contributed by atoms with Gasteiger partial charge in [-0.2, -0.15) is 5.10 Å². The molecule has 10 heteroatoms. The first-order valence-electron chi connectivity index (χ1n) is 11.3. The Labute approximate surface area is 185 Å². The van der Waals surface area contributed by atoms with Crippen molar-refractivity contribution in [1.29, 1.82) is 0 Å². The average Bonchev–Trinajstić information content (AvgIpc) is 3.09. The molecule has 0 bridgehead atoms. The summed E-state index contributed by atoms with van der Waals surface area (Å²) in [6, 6.07) is 4.09. The van der Waals surface area contributed by atoms with E-state index >= 15 is 0 Å². The number of pyridine rings is 1. The molecular weight excluding hydrogens is 421 g/mol. The smallest absolute Gasteiger partial charge is 0.402 e. The number of alkyl halides is 3. The van der Waals surface area contributed by atoms with Gasteiger partial charge in [0.25, 0.3) is 0 Å². The van der Waals surface area contributed by atoms with E-state index in [0.29, 0.717) is 35.1 Å². The van der Waals surface area contributed by atoms with Gasteiger partial charge in [0.2, 0.25) is 0 Å². The van der Waals surface area contributed by atoms with Crippen molar-refractivity contribution in [2.75, 3.05) is 31.9 Å². The quantitative estimate of drug-likeness (QED) is 0.727. The number of aromatic nitrogens is 3. The molecule has 1 aliphatic heterocycles. The molecule has 0 aromatic carbocycles. The van der Waals surface area contributed by atoms with E-state index in [9.17, 15) is 13.2 Å². The number of rotatable bonds is 5. The Kier molecular flexibility index (Phi) is 5.32. The van der Waals surface area contributed by atoms with E-state index in [1.807, 2.05) is 10.7 Å². The number of hydrogen-bond acceptors (Lipinski definition) is 6. The van der Waals surface area contributed by atoms with Gasteiger partial charge in [-0.3, -0.25) is 9.58 Å². The molecule has 2 aromatic heterocycles. The summed E-state index contributed by atoms with van der Waals surface area (Å²) >= 11 is 0. The lowest BCUT2D eigenvalue weighted by atomic mass is 10.0. The third-order valence-electron chi connectivity index (χ3n) is 7.09. The topological polar surface area (TPSA) is 81.2 Å². The van der Waals surface area contributed by atoms with E-state index in [4.69, 9.17) is 10.8 Å². The second-order valence-electron chi connectivity index (χ2n) is 9.41. The van der Waals surface area contributed by atoms with Crippen molar-refractivity contribution in [2.24, 2.45) is 11.8 Å². The molecule has 0 amide bonds. The zero-order valence-corrected chi connectivity index (χ0v) is 18.3. The summed E-state index contributed by atoms with van der Waals surface area (Å²) in [5, 5.41) is 8.14. The van der Waals surface area contributed by atoms with Gasteiger partial charge >= 0.3 is 6.36 Å². The highest BCUT2D eigenvalue weighted by Crippen LogP contribution is 2.64. The molecule has 5 rings (SSSR count). The van der Waals surface area contributed by atoms with Crippen molar-refractivity contribution in [1.82, 2.24) is 25.0 Å². The Morgan fingerprint density at radius 2 is 1.84 bits per heavy atom. The predicted molar refractivity (Wildman–Crippen MR) is 114 cm³/mol. The largest absolute Gasteiger partial charge is 0.573 e. The van der Waals surface area contributed by atoms with Gasteiger partial charge in [-0.05, 0) is 50.7 Å². The highest BCUT2D eigenvalue weighted by Gasteiger charge is 2.58. The number of nitrogens with one attached hydrogen (secondary N) is 1. The standard InChI is InChI=1S/C22H29F3N6O/c1-12(2)31-18(20-15-8-14(9-16(15)20)30-5-3-27-4-6-30)10-17(29-31)13-7-19(21(26)28-11-13)32-22(23,24)25/h7,10-12,14-16,20,27H,3-6,8-9H2,1-2H3,(H2,26,28)/t14-,15+,16-,20-. The van der Waals surface area contributed by atoms with Gasteiger partial charge in [0, 0.05) is 61.6 Å². The molecule has 0 radical (unpaired) electrons. The second kappa shape index (κ2) is 7.91. The van der Waals surface area contributed by atoms with Crippen LogP contribution >= 0.6 is 0 Å². The van der Waals surface area contributed by atoms with Gasteiger partial charge in [0.05, 0.1) is 5.69 Å². The predicted octanol–water partition coefficient (Wildman–Crippen LogP) is 3.40. The van der Waals surface area contributed by atoms with Crippen LogP contribution in [-0.4, -0.2) is 58.2 Å². The molecule has 7 nitrogen and oxygen atoms in total. The first kappa shape index (κ1) is 21.5. The lowest BCUT2D eigenvalue weighted by Gasteiger charge is -2.34. The highest BCUT2D eigenvalue weighted by molar-refractivity contribution is 5.64. The van der Waals surface area contributed by atoms with E-state index in [2.05, 4.69) is 33.8 Å². The second-order valence-corrected chi connectivity index (χ2v) is 9.41. The molecule has 174 valence electrons. The summed E-state index contributed by atoms with van der Waals surface area (Å²) in [7, 11) is 0.